The van der Waals surface area contributed by atoms with Gasteiger partial charge in [-0.2, -0.15) is 0 Å². The average Bonchev–Trinajstić information content (AvgIpc) is 2.34. The normalized spacial score (nSPS) is 28.8. The second-order valence-corrected chi connectivity index (χ2v) is 12.4. The van der Waals surface area contributed by atoms with E-state index in [4.69, 9.17) is 9.16 Å². The molecular formula is C16H29BrO2Si. The van der Waals surface area contributed by atoms with Crippen molar-refractivity contribution in [3.8, 4) is 0 Å². The molecule has 1 aliphatic heterocycles. The summed E-state index contributed by atoms with van der Waals surface area (Å²) < 4.78 is 12.5. The molecule has 0 N–H and O–H groups in total. The van der Waals surface area contributed by atoms with Gasteiger partial charge in [-0.15, -0.1) is 6.58 Å². The van der Waals surface area contributed by atoms with E-state index in [1.54, 1.807) is 0 Å². The second kappa shape index (κ2) is 7.39. The van der Waals surface area contributed by atoms with E-state index < -0.39 is 8.32 Å². The van der Waals surface area contributed by atoms with E-state index in [1.807, 2.05) is 6.08 Å². The summed E-state index contributed by atoms with van der Waals surface area (Å²) in [6.45, 7) is 15.4. The maximum atomic E-state index is 6.55. The van der Waals surface area contributed by atoms with Crippen LogP contribution >= 0.6 is 15.9 Å². The van der Waals surface area contributed by atoms with E-state index in [2.05, 4.69) is 68.5 Å². The van der Waals surface area contributed by atoms with Crippen molar-refractivity contribution in [1.82, 2.24) is 0 Å². The smallest absolute Gasteiger partial charge is 0.192 e. The summed E-state index contributed by atoms with van der Waals surface area (Å²) in [4.78, 5) is 0. The first-order valence-corrected chi connectivity index (χ1v) is 11.4. The monoisotopic (exact) mass is 360 g/mol. The van der Waals surface area contributed by atoms with Crippen molar-refractivity contribution in [3.05, 3.63) is 24.8 Å². The summed E-state index contributed by atoms with van der Waals surface area (Å²) in [5.74, 6) is 0. The Kier molecular flexibility index (Phi) is 6.70. The van der Waals surface area contributed by atoms with E-state index in [-0.39, 0.29) is 23.4 Å². The van der Waals surface area contributed by atoms with Gasteiger partial charge in [0.25, 0.3) is 0 Å². The molecule has 0 amide bonds. The van der Waals surface area contributed by atoms with Gasteiger partial charge in [0.1, 0.15) is 0 Å². The van der Waals surface area contributed by atoms with Crippen molar-refractivity contribution < 1.29 is 9.16 Å². The summed E-state index contributed by atoms with van der Waals surface area (Å²) in [6.07, 6.45) is 8.51. The van der Waals surface area contributed by atoms with E-state index in [0.29, 0.717) is 0 Å². The molecule has 0 aromatic rings. The van der Waals surface area contributed by atoms with Gasteiger partial charge in [-0.25, -0.2) is 0 Å². The van der Waals surface area contributed by atoms with Gasteiger partial charge < -0.3 is 9.16 Å². The number of hydrogen-bond donors (Lipinski definition) is 0. The third-order valence-electron chi connectivity index (χ3n) is 4.31. The lowest BCUT2D eigenvalue weighted by atomic mass is 10.0. The van der Waals surface area contributed by atoms with Crippen molar-refractivity contribution in [2.45, 2.75) is 70.1 Å². The molecule has 1 fully saturated rings. The third-order valence-corrected chi connectivity index (χ3v) is 9.22. The van der Waals surface area contributed by atoms with Crippen molar-refractivity contribution >= 4 is 24.2 Å². The predicted octanol–water partition coefficient (Wildman–Crippen LogP) is 5.06. The molecule has 0 spiro atoms. The third kappa shape index (κ3) is 5.13. The standard InChI is InChI=1S/C16H29BrO2Si/c1-7-13-11-15(12-14(18-13)9-8-10-17)19-20(5,6)16(2,3)4/h7-9,13-15H,1,10-12H2,2-6H3/b9-8+/t13-,14+,15-/m0/s1. The van der Waals surface area contributed by atoms with E-state index in [1.165, 1.54) is 0 Å². The Bertz CT molecular complexity index is 347. The molecule has 0 aromatic carbocycles. The highest BCUT2D eigenvalue weighted by atomic mass is 79.9. The predicted molar refractivity (Wildman–Crippen MR) is 93.1 cm³/mol. The van der Waals surface area contributed by atoms with Crippen molar-refractivity contribution in [2.75, 3.05) is 5.33 Å². The molecule has 1 aliphatic rings. The van der Waals surface area contributed by atoms with Gasteiger partial charge >= 0.3 is 0 Å². The molecule has 0 aliphatic carbocycles. The van der Waals surface area contributed by atoms with E-state index >= 15 is 0 Å². The molecule has 116 valence electrons. The zero-order valence-electron chi connectivity index (χ0n) is 13.5. The van der Waals surface area contributed by atoms with Gasteiger partial charge in [-0.1, -0.05) is 54.9 Å². The van der Waals surface area contributed by atoms with E-state index in [9.17, 15) is 0 Å². The summed E-state index contributed by atoms with van der Waals surface area (Å²) in [6, 6.07) is 0. The quantitative estimate of drug-likeness (QED) is 0.387. The van der Waals surface area contributed by atoms with Crippen LogP contribution in [0.1, 0.15) is 33.6 Å². The largest absolute Gasteiger partial charge is 0.414 e. The number of ether oxygens (including phenoxy) is 1. The Labute approximate surface area is 133 Å². The van der Waals surface area contributed by atoms with Crippen LogP contribution in [0.4, 0.5) is 0 Å². The minimum Gasteiger partial charge on any atom is -0.414 e. The Balaban J connectivity index is 2.73. The molecular weight excluding hydrogens is 332 g/mol. The van der Waals surface area contributed by atoms with Crippen LogP contribution in [0.3, 0.4) is 0 Å². The lowest BCUT2D eigenvalue weighted by molar-refractivity contribution is -0.0505. The number of rotatable bonds is 5. The van der Waals surface area contributed by atoms with Crippen LogP contribution in [0, 0.1) is 0 Å². The van der Waals surface area contributed by atoms with Crippen molar-refractivity contribution in [1.29, 1.82) is 0 Å². The zero-order valence-corrected chi connectivity index (χ0v) is 16.1. The van der Waals surface area contributed by atoms with Crippen LogP contribution in [0.25, 0.3) is 0 Å². The van der Waals surface area contributed by atoms with Crippen LogP contribution in [0.2, 0.25) is 18.1 Å². The van der Waals surface area contributed by atoms with Crippen molar-refractivity contribution in [2.24, 2.45) is 0 Å². The zero-order chi connectivity index (χ0) is 15.4. The van der Waals surface area contributed by atoms with E-state index in [0.717, 1.165) is 18.2 Å². The van der Waals surface area contributed by atoms with Gasteiger partial charge in [0, 0.05) is 18.2 Å². The summed E-state index contributed by atoms with van der Waals surface area (Å²) in [7, 11) is -1.72. The summed E-state index contributed by atoms with van der Waals surface area (Å²) in [5.41, 5.74) is 0. The highest BCUT2D eigenvalue weighted by Gasteiger charge is 2.40. The Morgan fingerprint density at radius 3 is 2.40 bits per heavy atom. The molecule has 0 aromatic heterocycles. The molecule has 1 rings (SSSR count). The molecule has 3 atom stereocenters. The van der Waals surface area contributed by atoms with Gasteiger partial charge in [-0.05, 0) is 18.1 Å². The molecule has 1 heterocycles. The van der Waals surface area contributed by atoms with Gasteiger partial charge in [0.05, 0.1) is 18.3 Å². The number of allylic oxidation sites excluding steroid dienone is 1. The van der Waals surface area contributed by atoms with Crippen LogP contribution < -0.4 is 0 Å². The fraction of sp³-hybridized carbons (Fsp3) is 0.750. The highest BCUT2D eigenvalue weighted by molar-refractivity contribution is 9.09. The number of hydrogen-bond acceptors (Lipinski definition) is 2. The Hall–Kier alpha value is 0.0969. The van der Waals surface area contributed by atoms with Gasteiger partial charge in [0.2, 0.25) is 0 Å². The summed E-state index contributed by atoms with van der Waals surface area (Å²) >= 11 is 3.41. The first kappa shape index (κ1) is 18.1. The van der Waals surface area contributed by atoms with Crippen LogP contribution in [-0.4, -0.2) is 32.0 Å². The highest BCUT2D eigenvalue weighted by Crippen LogP contribution is 2.39. The Morgan fingerprint density at radius 2 is 1.90 bits per heavy atom. The van der Waals surface area contributed by atoms with Crippen LogP contribution in [0.5, 0.6) is 0 Å². The first-order valence-electron chi connectivity index (χ1n) is 7.38. The molecule has 0 radical (unpaired) electrons. The average molecular weight is 361 g/mol. The molecule has 2 nitrogen and oxygen atoms in total. The maximum absolute atomic E-state index is 6.55. The topological polar surface area (TPSA) is 18.5 Å². The van der Waals surface area contributed by atoms with Gasteiger partial charge in [0.15, 0.2) is 8.32 Å². The molecule has 0 unspecified atom stereocenters. The molecule has 4 heteroatoms. The number of alkyl halides is 1. The maximum Gasteiger partial charge on any atom is 0.192 e. The molecule has 1 saturated heterocycles. The molecule has 20 heavy (non-hydrogen) atoms. The second-order valence-electron chi connectivity index (χ2n) is 7.00. The number of halogens is 1. The SMILES string of the molecule is C=C[C@H]1C[C@H](O[Si](C)(C)C(C)(C)C)C[C@@H](/C=C/CBr)O1. The first-order chi connectivity index (χ1) is 9.19. The van der Waals surface area contributed by atoms with Gasteiger partial charge in [-0.3, -0.25) is 0 Å². The van der Waals surface area contributed by atoms with Crippen molar-refractivity contribution in [3.63, 3.8) is 0 Å². The van der Waals surface area contributed by atoms with Crippen LogP contribution in [0.15, 0.2) is 24.8 Å². The lowest BCUT2D eigenvalue weighted by Gasteiger charge is -2.42. The minimum absolute atomic E-state index is 0.100. The molecule has 0 saturated carbocycles. The Morgan fingerprint density at radius 1 is 1.30 bits per heavy atom. The fourth-order valence-corrected chi connectivity index (χ4v) is 3.71. The van der Waals surface area contributed by atoms with Crippen LogP contribution in [-0.2, 0) is 9.16 Å². The summed E-state index contributed by atoms with van der Waals surface area (Å²) in [5, 5.41) is 1.11. The fourth-order valence-electron chi connectivity index (χ4n) is 2.12. The lowest BCUT2D eigenvalue weighted by Crippen LogP contribution is -2.47. The minimum atomic E-state index is -1.72. The molecule has 0 bridgehead atoms.